The van der Waals surface area contributed by atoms with Crippen LogP contribution in [-0.4, -0.2) is 15.9 Å². The second-order valence-electron chi connectivity index (χ2n) is 4.56. The molecule has 4 nitrogen and oxygen atoms in total. The molecule has 1 N–H and O–H groups in total. The zero-order valence-electron chi connectivity index (χ0n) is 11.0. The molecule has 0 amide bonds. The van der Waals surface area contributed by atoms with E-state index in [-0.39, 0.29) is 12.1 Å². The number of ether oxygens (including phenoxy) is 1. The van der Waals surface area contributed by atoms with E-state index >= 15 is 0 Å². The molecular formula is C16H14N2O2. The molecular weight excluding hydrogens is 252 g/mol. The lowest BCUT2D eigenvalue weighted by Gasteiger charge is -2.13. The van der Waals surface area contributed by atoms with Crippen LogP contribution in [0, 0.1) is 0 Å². The number of aromatic nitrogens is 2. The normalized spacial score (nSPS) is 12.2. The van der Waals surface area contributed by atoms with Crippen LogP contribution >= 0.6 is 0 Å². The van der Waals surface area contributed by atoms with Gasteiger partial charge < -0.3 is 9.72 Å². The van der Waals surface area contributed by atoms with Gasteiger partial charge in [0.15, 0.2) is 0 Å². The first kappa shape index (κ1) is 12.4. The lowest BCUT2D eigenvalue weighted by Crippen LogP contribution is -2.09. The summed E-state index contributed by atoms with van der Waals surface area (Å²) in [5.41, 5.74) is 2.91. The van der Waals surface area contributed by atoms with Crippen molar-refractivity contribution in [3.63, 3.8) is 0 Å². The van der Waals surface area contributed by atoms with E-state index in [1.54, 1.807) is 12.4 Å². The van der Waals surface area contributed by atoms with E-state index < -0.39 is 0 Å². The Labute approximate surface area is 116 Å². The maximum Gasteiger partial charge on any atom is 0.341 e. The third-order valence-electron chi connectivity index (χ3n) is 3.22. The Kier molecular flexibility index (Phi) is 3.21. The Morgan fingerprint density at radius 2 is 1.95 bits per heavy atom. The molecule has 1 aromatic heterocycles. The van der Waals surface area contributed by atoms with Gasteiger partial charge in [0.05, 0.1) is 17.4 Å². The van der Waals surface area contributed by atoms with Gasteiger partial charge in [0.2, 0.25) is 0 Å². The molecule has 20 heavy (non-hydrogen) atoms. The predicted octanol–water partition coefficient (Wildman–Crippen LogP) is 3.48. The molecule has 3 aromatic rings. The topological polar surface area (TPSA) is 55.0 Å². The number of carbonyl (C=O) groups is 1. The van der Waals surface area contributed by atoms with Crippen molar-refractivity contribution >= 4 is 17.0 Å². The largest absolute Gasteiger partial charge is 0.454 e. The predicted molar refractivity (Wildman–Crippen MR) is 76.4 cm³/mol. The van der Waals surface area contributed by atoms with Crippen molar-refractivity contribution < 1.29 is 9.53 Å². The van der Waals surface area contributed by atoms with Crippen LogP contribution in [0.1, 0.15) is 28.9 Å². The summed E-state index contributed by atoms with van der Waals surface area (Å²) in [5.74, 6) is -0.362. The summed E-state index contributed by atoms with van der Waals surface area (Å²) in [5, 5.41) is 0. The summed E-state index contributed by atoms with van der Waals surface area (Å²) in [6, 6.07) is 15.1. The van der Waals surface area contributed by atoms with Crippen molar-refractivity contribution in [2.24, 2.45) is 0 Å². The number of esters is 1. The first-order valence-electron chi connectivity index (χ1n) is 6.44. The van der Waals surface area contributed by atoms with Crippen LogP contribution in [0.5, 0.6) is 0 Å². The molecule has 2 aromatic carbocycles. The Hall–Kier alpha value is -2.62. The van der Waals surface area contributed by atoms with Gasteiger partial charge in [-0.15, -0.1) is 0 Å². The summed E-state index contributed by atoms with van der Waals surface area (Å²) in [6.07, 6.45) is 1.28. The number of hydrogen-bond acceptors (Lipinski definition) is 3. The lowest BCUT2D eigenvalue weighted by molar-refractivity contribution is 0.0340. The van der Waals surface area contributed by atoms with E-state index in [1.165, 1.54) is 0 Å². The highest BCUT2D eigenvalue weighted by atomic mass is 16.5. The zero-order valence-corrected chi connectivity index (χ0v) is 11.0. The van der Waals surface area contributed by atoms with Crippen molar-refractivity contribution in [2.45, 2.75) is 13.0 Å². The Bertz CT molecular complexity index is 734. The summed E-state index contributed by atoms with van der Waals surface area (Å²) in [4.78, 5) is 19.4. The van der Waals surface area contributed by atoms with E-state index in [0.29, 0.717) is 11.1 Å². The van der Waals surface area contributed by atoms with Crippen molar-refractivity contribution in [2.75, 3.05) is 0 Å². The molecule has 0 aliphatic heterocycles. The van der Waals surface area contributed by atoms with Gasteiger partial charge in [-0.05, 0) is 24.6 Å². The minimum Gasteiger partial charge on any atom is -0.454 e. The smallest absolute Gasteiger partial charge is 0.341 e. The van der Waals surface area contributed by atoms with E-state index in [2.05, 4.69) is 9.97 Å². The van der Waals surface area contributed by atoms with Gasteiger partial charge in [-0.1, -0.05) is 36.4 Å². The maximum atomic E-state index is 12.3. The molecule has 1 heterocycles. The summed E-state index contributed by atoms with van der Waals surface area (Å²) < 4.78 is 5.51. The van der Waals surface area contributed by atoms with Crippen LogP contribution in [0.3, 0.4) is 0 Å². The number of hydrogen-bond donors (Lipinski definition) is 1. The number of fused-ring (bicyclic) bond motifs is 1. The van der Waals surface area contributed by atoms with Crippen LogP contribution in [0.2, 0.25) is 0 Å². The Morgan fingerprint density at radius 3 is 2.75 bits per heavy atom. The van der Waals surface area contributed by atoms with Crippen molar-refractivity contribution in [1.29, 1.82) is 0 Å². The number of H-pyrrole nitrogens is 1. The molecule has 0 fully saturated rings. The average Bonchev–Trinajstić information content (AvgIpc) is 2.96. The zero-order chi connectivity index (χ0) is 13.9. The fourth-order valence-corrected chi connectivity index (χ4v) is 2.15. The summed E-state index contributed by atoms with van der Waals surface area (Å²) >= 11 is 0. The average molecular weight is 266 g/mol. The molecule has 4 heteroatoms. The molecule has 0 spiro atoms. The standard InChI is InChI=1S/C16H14N2O2/c1-11(12-6-3-2-4-7-12)20-16(19)13-8-5-9-14-15(13)18-10-17-14/h2-11H,1H3,(H,17,18). The molecule has 0 aliphatic carbocycles. The fourth-order valence-electron chi connectivity index (χ4n) is 2.15. The van der Waals surface area contributed by atoms with Crippen LogP contribution in [0.15, 0.2) is 54.9 Å². The quantitative estimate of drug-likeness (QED) is 0.738. The summed E-state index contributed by atoms with van der Waals surface area (Å²) in [6.45, 7) is 1.86. The van der Waals surface area contributed by atoms with Crippen LogP contribution in [-0.2, 0) is 4.74 Å². The second kappa shape index (κ2) is 5.17. The highest BCUT2D eigenvalue weighted by Crippen LogP contribution is 2.21. The van der Waals surface area contributed by atoms with Crippen molar-refractivity contribution in [3.05, 3.63) is 66.0 Å². The third kappa shape index (κ3) is 2.28. The van der Waals surface area contributed by atoms with Gasteiger partial charge in [0.1, 0.15) is 11.6 Å². The molecule has 1 unspecified atom stereocenters. The van der Waals surface area contributed by atoms with E-state index in [1.807, 2.05) is 49.4 Å². The first-order chi connectivity index (χ1) is 9.75. The molecule has 0 bridgehead atoms. The van der Waals surface area contributed by atoms with E-state index in [0.717, 1.165) is 11.1 Å². The molecule has 0 aliphatic rings. The highest BCUT2D eigenvalue weighted by molar-refractivity contribution is 6.01. The first-order valence-corrected chi connectivity index (χ1v) is 6.44. The number of carbonyl (C=O) groups excluding carboxylic acids is 1. The number of nitrogens with one attached hydrogen (secondary N) is 1. The number of benzene rings is 2. The number of nitrogens with zero attached hydrogens (tertiary/aromatic N) is 1. The second-order valence-corrected chi connectivity index (χ2v) is 4.56. The number of aromatic amines is 1. The van der Waals surface area contributed by atoms with Crippen LogP contribution in [0.25, 0.3) is 11.0 Å². The van der Waals surface area contributed by atoms with Gasteiger partial charge in [-0.2, -0.15) is 0 Å². The van der Waals surface area contributed by atoms with Crippen molar-refractivity contribution in [3.8, 4) is 0 Å². The van der Waals surface area contributed by atoms with E-state index in [4.69, 9.17) is 4.74 Å². The van der Waals surface area contributed by atoms with Gasteiger partial charge in [-0.3, -0.25) is 0 Å². The molecule has 100 valence electrons. The van der Waals surface area contributed by atoms with Gasteiger partial charge >= 0.3 is 5.97 Å². The fraction of sp³-hybridized carbons (Fsp3) is 0.125. The summed E-state index contributed by atoms with van der Waals surface area (Å²) in [7, 11) is 0. The maximum absolute atomic E-state index is 12.3. The van der Waals surface area contributed by atoms with Gasteiger partial charge in [-0.25, -0.2) is 9.78 Å². The monoisotopic (exact) mass is 266 g/mol. The molecule has 0 saturated heterocycles. The molecule has 1 atom stereocenters. The van der Waals surface area contributed by atoms with Gasteiger partial charge in [0.25, 0.3) is 0 Å². The molecule has 3 rings (SSSR count). The van der Waals surface area contributed by atoms with Crippen LogP contribution < -0.4 is 0 Å². The number of para-hydroxylation sites is 1. The Balaban J connectivity index is 1.85. The lowest BCUT2D eigenvalue weighted by atomic mass is 10.1. The SMILES string of the molecule is CC(OC(=O)c1cccc2[nH]cnc12)c1ccccc1. The van der Waals surface area contributed by atoms with Crippen molar-refractivity contribution in [1.82, 2.24) is 9.97 Å². The third-order valence-corrected chi connectivity index (χ3v) is 3.22. The minimum atomic E-state index is -0.362. The highest BCUT2D eigenvalue weighted by Gasteiger charge is 2.16. The molecule has 0 saturated carbocycles. The minimum absolute atomic E-state index is 0.294. The molecule has 0 radical (unpaired) electrons. The van der Waals surface area contributed by atoms with Crippen LogP contribution in [0.4, 0.5) is 0 Å². The Morgan fingerprint density at radius 1 is 1.15 bits per heavy atom. The van der Waals surface area contributed by atoms with Gasteiger partial charge in [0, 0.05) is 0 Å². The van der Waals surface area contributed by atoms with E-state index in [9.17, 15) is 4.79 Å². The number of imidazole rings is 1. The number of rotatable bonds is 3.